The van der Waals surface area contributed by atoms with E-state index in [4.69, 9.17) is 9.72 Å². The van der Waals surface area contributed by atoms with Crippen molar-refractivity contribution < 1.29 is 17.9 Å². The van der Waals surface area contributed by atoms with E-state index in [9.17, 15) is 23.2 Å². The second-order valence-corrected chi connectivity index (χ2v) is 9.43. The number of pyridine rings is 3. The number of nitriles is 1. The topological polar surface area (TPSA) is 85.7 Å². The Kier molecular flexibility index (Phi) is 6.90. The minimum Gasteiger partial charge on any atom is -0.487 e. The molecule has 4 heterocycles. The maximum Gasteiger partial charge on any atom is 0.421 e. The molecule has 0 radical (unpaired) electrons. The average Bonchev–Trinajstić information content (AvgIpc) is 3.28. The van der Waals surface area contributed by atoms with Crippen LogP contribution >= 0.6 is 0 Å². The summed E-state index contributed by atoms with van der Waals surface area (Å²) in [5, 5.41) is 10.2. The van der Waals surface area contributed by atoms with Gasteiger partial charge in [0.1, 0.15) is 35.2 Å². The molecule has 10 heteroatoms. The zero-order valence-electron chi connectivity index (χ0n) is 22.0. The van der Waals surface area contributed by atoms with Gasteiger partial charge in [-0.2, -0.15) is 18.4 Å². The summed E-state index contributed by atoms with van der Waals surface area (Å²) in [6.07, 6.45) is -1.89. The molecule has 5 aromatic rings. The van der Waals surface area contributed by atoms with Crippen molar-refractivity contribution in [1.82, 2.24) is 19.1 Å². The van der Waals surface area contributed by atoms with Gasteiger partial charge in [-0.25, -0.2) is 4.98 Å². The molecular weight excluding hydrogens is 519 g/mol. The first-order chi connectivity index (χ1) is 19.1. The molecule has 0 aliphatic carbocycles. The summed E-state index contributed by atoms with van der Waals surface area (Å²) in [5.74, 6) is 0.516. The predicted molar refractivity (Wildman–Crippen MR) is 144 cm³/mol. The first kappa shape index (κ1) is 26.7. The standard InChI is InChI=1S/C30H24F3N5O2/c1-18-11-12-35-25(16-38-13-5-7-24(29(38)39)30(31,32)33)23(18)17-40-27-8-4-6-21-22(14-19(2)36-28(21)27)26-10-9-20(15-34)37(26)3/h4-14H,16-17H2,1-3H3. The first-order valence-electron chi connectivity index (χ1n) is 12.4. The monoisotopic (exact) mass is 543 g/mol. The van der Waals surface area contributed by atoms with E-state index >= 15 is 0 Å². The summed E-state index contributed by atoms with van der Waals surface area (Å²) in [7, 11) is 1.83. The van der Waals surface area contributed by atoms with Crippen LogP contribution in [-0.4, -0.2) is 19.1 Å². The van der Waals surface area contributed by atoms with Crippen LogP contribution in [0.3, 0.4) is 0 Å². The van der Waals surface area contributed by atoms with Gasteiger partial charge in [-0.1, -0.05) is 12.1 Å². The Morgan fingerprint density at radius 1 is 1.07 bits per heavy atom. The second-order valence-electron chi connectivity index (χ2n) is 9.43. The molecule has 0 aliphatic rings. The number of ether oxygens (including phenoxy) is 1. The van der Waals surface area contributed by atoms with Gasteiger partial charge < -0.3 is 13.9 Å². The van der Waals surface area contributed by atoms with Crippen LogP contribution in [0.4, 0.5) is 13.2 Å². The molecule has 0 aliphatic heterocycles. The van der Waals surface area contributed by atoms with Crippen LogP contribution in [0.2, 0.25) is 0 Å². The molecule has 0 bridgehead atoms. The Morgan fingerprint density at radius 2 is 1.88 bits per heavy atom. The summed E-state index contributed by atoms with van der Waals surface area (Å²) >= 11 is 0. The van der Waals surface area contributed by atoms with E-state index in [2.05, 4.69) is 11.1 Å². The maximum absolute atomic E-state index is 13.3. The highest BCUT2D eigenvalue weighted by Crippen LogP contribution is 2.34. The smallest absolute Gasteiger partial charge is 0.421 e. The molecule has 0 unspecified atom stereocenters. The number of nitrogens with zero attached hydrogens (tertiary/aromatic N) is 5. The lowest BCUT2D eigenvalue weighted by molar-refractivity contribution is -0.138. The van der Waals surface area contributed by atoms with Gasteiger partial charge in [0.15, 0.2) is 0 Å². The average molecular weight is 544 g/mol. The number of alkyl halides is 3. The van der Waals surface area contributed by atoms with Crippen molar-refractivity contribution in [2.45, 2.75) is 33.2 Å². The van der Waals surface area contributed by atoms with Gasteiger partial charge in [0.25, 0.3) is 5.56 Å². The van der Waals surface area contributed by atoms with Gasteiger partial charge >= 0.3 is 6.18 Å². The molecule has 0 N–H and O–H groups in total. The summed E-state index contributed by atoms with van der Waals surface area (Å²) in [6, 6.07) is 17.1. The molecule has 7 nitrogen and oxygen atoms in total. The fourth-order valence-corrected chi connectivity index (χ4v) is 4.74. The van der Waals surface area contributed by atoms with E-state index in [1.165, 1.54) is 12.3 Å². The molecule has 0 saturated heterocycles. The highest BCUT2D eigenvalue weighted by atomic mass is 19.4. The van der Waals surface area contributed by atoms with Crippen molar-refractivity contribution >= 4 is 10.9 Å². The van der Waals surface area contributed by atoms with Crippen molar-refractivity contribution in [2.24, 2.45) is 7.05 Å². The zero-order chi connectivity index (χ0) is 28.6. The molecule has 0 atom stereocenters. The van der Waals surface area contributed by atoms with Crippen LogP contribution in [0.1, 0.15) is 33.8 Å². The van der Waals surface area contributed by atoms with Crippen LogP contribution < -0.4 is 10.3 Å². The minimum atomic E-state index is -4.75. The van der Waals surface area contributed by atoms with Crippen LogP contribution in [0.15, 0.2) is 71.8 Å². The van der Waals surface area contributed by atoms with Gasteiger partial charge in [-0.3, -0.25) is 9.78 Å². The van der Waals surface area contributed by atoms with Crippen molar-refractivity contribution in [3.05, 3.63) is 111 Å². The lowest BCUT2D eigenvalue weighted by Crippen LogP contribution is -2.29. The number of fused-ring (bicyclic) bond motifs is 1. The van der Waals surface area contributed by atoms with Crippen molar-refractivity contribution in [2.75, 3.05) is 0 Å². The predicted octanol–water partition coefficient (Wildman–Crippen LogP) is 5.93. The van der Waals surface area contributed by atoms with Crippen LogP contribution in [0.5, 0.6) is 5.75 Å². The SMILES string of the molecule is Cc1cc(-c2ccc(C#N)n2C)c2cccc(OCc3c(C)ccnc3Cn3cccc(C(F)(F)F)c3=O)c2n1. The van der Waals surface area contributed by atoms with E-state index in [0.717, 1.165) is 38.5 Å². The fourth-order valence-electron chi connectivity index (χ4n) is 4.74. The fraction of sp³-hybridized carbons (Fsp3) is 0.200. The maximum atomic E-state index is 13.3. The Hall–Kier alpha value is -4.91. The highest BCUT2D eigenvalue weighted by molar-refractivity contribution is 5.97. The third-order valence-corrected chi connectivity index (χ3v) is 6.84. The quantitative estimate of drug-likeness (QED) is 0.265. The Balaban J connectivity index is 1.51. The molecule has 202 valence electrons. The number of para-hydroxylation sites is 1. The van der Waals surface area contributed by atoms with Gasteiger partial charge in [0, 0.05) is 47.3 Å². The Bertz CT molecular complexity index is 1850. The van der Waals surface area contributed by atoms with Crippen LogP contribution in [0, 0.1) is 25.2 Å². The number of rotatable bonds is 6. The lowest BCUT2D eigenvalue weighted by atomic mass is 10.0. The molecular formula is C30H24F3N5O2. The number of hydrogen-bond acceptors (Lipinski definition) is 5. The number of aromatic nitrogens is 4. The normalized spacial score (nSPS) is 11.5. The molecule has 0 amide bonds. The number of halogens is 3. The van der Waals surface area contributed by atoms with Gasteiger partial charge in [-0.05, 0) is 61.9 Å². The van der Waals surface area contributed by atoms with Gasteiger partial charge in [0.2, 0.25) is 0 Å². The largest absolute Gasteiger partial charge is 0.487 e. The third kappa shape index (κ3) is 4.94. The van der Waals surface area contributed by atoms with Gasteiger partial charge in [0.05, 0.1) is 12.2 Å². The summed E-state index contributed by atoms with van der Waals surface area (Å²) < 4.78 is 48.9. The van der Waals surface area contributed by atoms with Gasteiger partial charge in [-0.15, -0.1) is 0 Å². The van der Waals surface area contributed by atoms with Crippen molar-refractivity contribution in [3.8, 4) is 23.1 Å². The summed E-state index contributed by atoms with van der Waals surface area (Å²) in [4.78, 5) is 21.6. The summed E-state index contributed by atoms with van der Waals surface area (Å²) in [5.41, 5.74) is 3.25. The molecule has 1 aromatic carbocycles. The molecule has 4 aromatic heterocycles. The molecule has 0 spiro atoms. The Morgan fingerprint density at radius 3 is 2.60 bits per heavy atom. The number of benzene rings is 1. The number of hydrogen-bond donors (Lipinski definition) is 0. The van der Waals surface area contributed by atoms with E-state index in [1.807, 2.05) is 49.7 Å². The number of aryl methyl sites for hydroxylation is 2. The zero-order valence-corrected chi connectivity index (χ0v) is 22.0. The highest BCUT2D eigenvalue weighted by Gasteiger charge is 2.34. The van der Waals surface area contributed by atoms with E-state index in [-0.39, 0.29) is 13.2 Å². The van der Waals surface area contributed by atoms with E-state index in [0.29, 0.717) is 28.2 Å². The van der Waals surface area contributed by atoms with Crippen molar-refractivity contribution in [1.29, 1.82) is 5.26 Å². The lowest BCUT2D eigenvalue weighted by Gasteiger charge is -2.16. The first-order valence-corrected chi connectivity index (χ1v) is 12.4. The van der Waals surface area contributed by atoms with E-state index in [1.54, 1.807) is 24.4 Å². The Labute approximate surface area is 227 Å². The minimum absolute atomic E-state index is 0.0650. The van der Waals surface area contributed by atoms with E-state index < -0.39 is 17.3 Å². The summed E-state index contributed by atoms with van der Waals surface area (Å²) in [6.45, 7) is 3.65. The molecule has 0 fully saturated rings. The second kappa shape index (κ2) is 10.3. The molecule has 40 heavy (non-hydrogen) atoms. The molecule has 5 rings (SSSR count). The van der Waals surface area contributed by atoms with Crippen LogP contribution in [-0.2, 0) is 26.4 Å². The third-order valence-electron chi connectivity index (χ3n) is 6.84. The van der Waals surface area contributed by atoms with Crippen molar-refractivity contribution in [3.63, 3.8) is 0 Å². The van der Waals surface area contributed by atoms with Crippen LogP contribution in [0.25, 0.3) is 22.2 Å². The molecule has 0 saturated carbocycles.